The minimum absolute atomic E-state index is 0.251. The SMILES string of the molecule is COC(=O)CCCCCO[C@H]1OC(C)[C@@H](N=[N+]=[N-])[C@H](C)C1O[C@H]1OC(C)[C@@H](N=[N+]=[N-])[C@H](C)C1O[C@H]1OC(C)[C@@H](N=[N+]=[N-])[C@H](C)C1O[C@H]1OC(C)[C@@H](N=[N+]=[N-])[C@H](C)C1O[C@H]1OC(C)[C@@H](N=[N+]=[N-])[C@H](C)C1O. The number of azide groups is 5. The Morgan fingerprint density at radius 1 is 0.457 bits per heavy atom. The van der Waals surface area contributed by atoms with Crippen LogP contribution in [0.4, 0.5) is 0 Å². The zero-order valence-electron chi connectivity index (χ0n) is 41.5. The molecule has 390 valence electrons. The van der Waals surface area contributed by atoms with E-state index in [4.69, 9.17) is 52.1 Å². The lowest BCUT2D eigenvalue weighted by Crippen LogP contribution is -2.63. The van der Waals surface area contributed by atoms with E-state index < -0.39 is 152 Å². The molecule has 0 saturated carbocycles. The van der Waals surface area contributed by atoms with Gasteiger partial charge in [-0.05, 0) is 105 Å². The van der Waals surface area contributed by atoms with Gasteiger partial charge in [-0.15, -0.1) is 0 Å². The third-order valence-electron chi connectivity index (χ3n) is 14.4. The van der Waals surface area contributed by atoms with E-state index in [-0.39, 0.29) is 19.0 Å². The van der Waals surface area contributed by atoms with Crippen molar-refractivity contribution in [3.05, 3.63) is 52.2 Å². The highest BCUT2D eigenvalue weighted by Gasteiger charge is 2.55. The van der Waals surface area contributed by atoms with E-state index in [1.807, 2.05) is 13.8 Å². The van der Waals surface area contributed by atoms with Crippen molar-refractivity contribution in [2.45, 2.75) is 218 Å². The zero-order valence-corrected chi connectivity index (χ0v) is 41.5. The first-order chi connectivity index (χ1) is 33.5. The maximum Gasteiger partial charge on any atom is 0.305 e. The molecule has 0 aliphatic carbocycles. The molecule has 0 aromatic rings. The molecule has 0 bridgehead atoms. The van der Waals surface area contributed by atoms with E-state index in [9.17, 15) is 37.6 Å². The third kappa shape index (κ3) is 13.2. The molecule has 5 saturated heterocycles. The first-order valence-corrected chi connectivity index (χ1v) is 23.9. The Hall–Kier alpha value is -4.42. The average Bonchev–Trinajstić information content (AvgIpc) is 3.32. The number of ether oxygens (including phenoxy) is 11. The van der Waals surface area contributed by atoms with Crippen LogP contribution < -0.4 is 0 Å². The molecule has 5 aliphatic rings. The van der Waals surface area contributed by atoms with Crippen LogP contribution in [-0.4, -0.2) is 147 Å². The summed E-state index contributed by atoms with van der Waals surface area (Å²) in [5.41, 5.74) is 47.7. The predicted molar refractivity (Wildman–Crippen MR) is 244 cm³/mol. The Morgan fingerprint density at radius 3 is 1.10 bits per heavy atom. The van der Waals surface area contributed by atoms with Gasteiger partial charge in [-0.1, -0.05) is 66.6 Å². The van der Waals surface area contributed by atoms with Gasteiger partial charge in [-0.3, -0.25) is 4.79 Å². The molecule has 5 aliphatic heterocycles. The van der Waals surface area contributed by atoms with E-state index >= 15 is 0 Å². The molecule has 10 unspecified atom stereocenters. The predicted octanol–water partition coefficient (Wildman–Crippen LogP) is 7.94. The number of aliphatic hydroxyl groups excluding tert-OH is 1. The molecule has 0 amide bonds. The highest BCUT2D eigenvalue weighted by atomic mass is 16.8. The van der Waals surface area contributed by atoms with Crippen LogP contribution in [0.3, 0.4) is 0 Å². The van der Waals surface area contributed by atoms with Crippen LogP contribution in [-0.2, 0) is 56.9 Å². The molecule has 5 heterocycles. The van der Waals surface area contributed by atoms with E-state index in [1.165, 1.54) is 7.11 Å². The number of methoxy groups -OCH3 is 1. The molecule has 5 fully saturated rings. The lowest BCUT2D eigenvalue weighted by atomic mass is 9.86. The van der Waals surface area contributed by atoms with Gasteiger partial charge in [0.25, 0.3) is 0 Å². The first kappa shape index (κ1) is 56.5. The number of rotatable bonds is 20. The van der Waals surface area contributed by atoms with Crippen LogP contribution in [0.5, 0.6) is 0 Å². The van der Waals surface area contributed by atoms with E-state index in [0.717, 1.165) is 0 Å². The Balaban J connectivity index is 1.49. The van der Waals surface area contributed by atoms with Gasteiger partial charge >= 0.3 is 5.97 Å². The molecule has 5 rings (SSSR count). The number of aliphatic hydroxyl groups is 1. The fraction of sp³-hybridized carbons (Fsp3) is 0.976. The number of unbranched alkanes of at least 4 members (excludes halogenated alkanes) is 2. The summed E-state index contributed by atoms with van der Waals surface area (Å²) >= 11 is 0. The summed E-state index contributed by atoms with van der Waals surface area (Å²) in [5, 5.41) is 31.4. The van der Waals surface area contributed by atoms with Crippen molar-refractivity contribution in [3.63, 3.8) is 0 Å². The molecule has 28 heteroatoms. The van der Waals surface area contributed by atoms with Crippen LogP contribution in [0.15, 0.2) is 25.6 Å². The number of esters is 1. The minimum atomic E-state index is -1.28. The molecule has 25 atom stereocenters. The monoisotopic (exact) mass is 992 g/mol. The number of nitrogens with zero attached hydrogens (tertiary/aromatic N) is 15. The highest BCUT2D eigenvalue weighted by molar-refractivity contribution is 5.68. The first-order valence-electron chi connectivity index (χ1n) is 23.9. The van der Waals surface area contributed by atoms with Gasteiger partial charge in [0.15, 0.2) is 31.5 Å². The fourth-order valence-electron chi connectivity index (χ4n) is 10.3. The van der Waals surface area contributed by atoms with Crippen molar-refractivity contribution in [1.29, 1.82) is 0 Å². The lowest BCUT2D eigenvalue weighted by Gasteiger charge is -2.51. The maximum atomic E-state index is 11.7. The van der Waals surface area contributed by atoms with E-state index in [0.29, 0.717) is 19.3 Å². The molecular weight excluding hydrogens is 923 g/mol. The van der Waals surface area contributed by atoms with Crippen LogP contribution in [0.1, 0.15) is 94.9 Å². The second kappa shape index (κ2) is 26.3. The highest BCUT2D eigenvalue weighted by Crippen LogP contribution is 2.42. The van der Waals surface area contributed by atoms with Gasteiger partial charge in [0.2, 0.25) is 0 Å². The van der Waals surface area contributed by atoms with Gasteiger partial charge in [0, 0.05) is 37.6 Å². The summed E-state index contributed by atoms with van der Waals surface area (Å²) < 4.78 is 70.2. The lowest BCUT2D eigenvalue weighted by molar-refractivity contribution is -0.385. The summed E-state index contributed by atoms with van der Waals surface area (Å²) in [6, 6.07) is -3.67. The quantitative estimate of drug-likeness (QED) is 0.0398. The molecule has 0 radical (unpaired) electrons. The minimum Gasteiger partial charge on any atom is -0.469 e. The van der Waals surface area contributed by atoms with Crippen LogP contribution >= 0.6 is 0 Å². The number of carbonyl (C=O) groups is 1. The molecule has 0 spiro atoms. The standard InChI is InChI=1S/C42H69N15O13/c1-17-28(48-53-43)22(6)62-38(33(17)59)67-35-19(3)30(50-55-45)24(8)64-40(35)69-37-21(5)32(52-57-47)26(10)66-42(37)70-36-20(4)31(51-56-46)25(9)65-41(36)68-34-18(2)29(49-54-44)23(7)63-39(34)61-16-14-12-13-15-27(58)60-11/h17-26,28-42,59H,12-16H2,1-11H3/t17-,18-,19-,20-,21-,22?,23?,24?,25?,26?,28-,29-,30-,31-,32-,33?,34?,35?,36?,37?,38+,39-,40+,41+,42+/m0/s1. The molecule has 1 N–H and O–H groups in total. The van der Waals surface area contributed by atoms with Crippen molar-refractivity contribution in [2.75, 3.05) is 13.7 Å². The Labute approximate surface area is 406 Å². The van der Waals surface area contributed by atoms with Gasteiger partial charge in [0.05, 0.1) is 67.8 Å². The topological polar surface area (TPSA) is 383 Å². The average molecular weight is 992 g/mol. The smallest absolute Gasteiger partial charge is 0.305 e. The normalized spacial score (nSPS) is 43.9. The van der Waals surface area contributed by atoms with E-state index in [2.05, 4.69) is 50.1 Å². The summed E-state index contributed by atoms with van der Waals surface area (Å²) in [6.45, 7) is 17.9. The number of hydrogen-bond acceptors (Lipinski definition) is 18. The molecule has 0 aromatic heterocycles. The largest absolute Gasteiger partial charge is 0.469 e. The van der Waals surface area contributed by atoms with Gasteiger partial charge < -0.3 is 57.2 Å². The van der Waals surface area contributed by atoms with Crippen molar-refractivity contribution in [1.82, 2.24) is 0 Å². The Kier molecular flexibility index (Phi) is 21.2. The second-order valence-corrected chi connectivity index (χ2v) is 19.0. The van der Waals surface area contributed by atoms with Crippen molar-refractivity contribution in [3.8, 4) is 0 Å². The number of carbonyl (C=O) groups excluding carboxylic acids is 1. The van der Waals surface area contributed by atoms with E-state index in [1.54, 1.807) is 55.4 Å². The number of hydrogen-bond donors (Lipinski definition) is 1. The van der Waals surface area contributed by atoms with Gasteiger partial charge in [-0.25, -0.2) is 0 Å². The van der Waals surface area contributed by atoms with Crippen LogP contribution in [0.2, 0.25) is 0 Å². The summed E-state index contributed by atoms with van der Waals surface area (Å²) in [6.07, 6.45) is -12.6. The van der Waals surface area contributed by atoms with Crippen LogP contribution in [0, 0.1) is 29.6 Å². The van der Waals surface area contributed by atoms with Crippen molar-refractivity contribution >= 4 is 5.97 Å². The van der Waals surface area contributed by atoms with Gasteiger partial charge in [-0.2, -0.15) is 0 Å². The van der Waals surface area contributed by atoms with Gasteiger partial charge in [0.1, 0.15) is 30.5 Å². The molecular formula is C42H69N15O13. The zero-order chi connectivity index (χ0) is 51.4. The fourth-order valence-corrected chi connectivity index (χ4v) is 10.3. The maximum absolute atomic E-state index is 11.7. The second-order valence-electron chi connectivity index (χ2n) is 19.0. The summed E-state index contributed by atoms with van der Waals surface area (Å²) in [7, 11) is 1.34. The van der Waals surface area contributed by atoms with Crippen LogP contribution in [0.25, 0.3) is 52.2 Å². The summed E-state index contributed by atoms with van der Waals surface area (Å²) in [4.78, 5) is 26.9. The molecule has 28 nitrogen and oxygen atoms in total. The Morgan fingerprint density at radius 2 is 0.757 bits per heavy atom. The van der Waals surface area contributed by atoms with Crippen molar-refractivity contribution in [2.24, 2.45) is 55.2 Å². The van der Waals surface area contributed by atoms with Crippen molar-refractivity contribution < 1.29 is 62.0 Å². The Bertz CT molecular complexity index is 1990. The summed E-state index contributed by atoms with van der Waals surface area (Å²) in [5.74, 6) is -3.21. The molecule has 0 aromatic carbocycles. The third-order valence-corrected chi connectivity index (χ3v) is 14.4. The molecule has 70 heavy (non-hydrogen) atoms.